The summed E-state index contributed by atoms with van der Waals surface area (Å²) in [6.07, 6.45) is 0.917. The van der Waals surface area contributed by atoms with E-state index < -0.39 is 4.92 Å². The predicted octanol–water partition coefficient (Wildman–Crippen LogP) is 1.36. The minimum Gasteiger partial charge on any atom is -0.370 e. The van der Waals surface area contributed by atoms with Crippen LogP contribution in [0.5, 0.6) is 0 Å². The van der Waals surface area contributed by atoms with E-state index in [0.29, 0.717) is 12.4 Å². The Hall–Kier alpha value is -2.38. The fourth-order valence-electron chi connectivity index (χ4n) is 1.50. The molecule has 20 heavy (non-hydrogen) atoms. The van der Waals surface area contributed by atoms with E-state index in [2.05, 4.69) is 20.9 Å². The Morgan fingerprint density at radius 2 is 2.10 bits per heavy atom. The molecule has 110 valence electrons. The summed E-state index contributed by atoms with van der Waals surface area (Å²) >= 11 is 0. The van der Waals surface area contributed by atoms with Crippen LogP contribution in [0.1, 0.15) is 20.3 Å². The van der Waals surface area contributed by atoms with Crippen molar-refractivity contribution >= 4 is 23.2 Å². The molecular formula is C12H19N5O3. The highest BCUT2D eigenvalue weighted by Crippen LogP contribution is 2.23. The molecule has 0 atom stereocenters. The largest absolute Gasteiger partial charge is 0.370 e. The van der Waals surface area contributed by atoms with E-state index in [1.54, 1.807) is 13.0 Å². The second-order valence-corrected chi connectivity index (χ2v) is 4.06. The zero-order valence-electron chi connectivity index (χ0n) is 11.6. The Morgan fingerprint density at radius 3 is 2.70 bits per heavy atom. The van der Waals surface area contributed by atoms with Crippen LogP contribution in [0.15, 0.2) is 12.1 Å². The maximum absolute atomic E-state index is 11.4. The molecule has 1 amide bonds. The van der Waals surface area contributed by atoms with Crippen LogP contribution in [-0.4, -0.2) is 35.4 Å². The molecule has 0 radical (unpaired) electrons. The molecule has 0 aliphatic carbocycles. The maximum atomic E-state index is 11.4. The molecule has 0 fully saturated rings. The number of aromatic nitrogens is 1. The Kier molecular flexibility index (Phi) is 6.21. The molecule has 1 aromatic rings. The highest BCUT2D eigenvalue weighted by Gasteiger charge is 2.16. The lowest BCUT2D eigenvalue weighted by atomic mass is 10.3. The molecule has 0 aliphatic rings. The van der Waals surface area contributed by atoms with Gasteiger partial charge >= 0.3 is 5.69 Å². The fourth-order valence-corrected chi connectivity index (χ4v) is 1.50. The number of anilines is 2. The first kappa shape index (κ1) is 15.7. The quantitative estimate of drug-likeness (QED) is 0.490. The van der Waals surface area contributed by atoms with Crippen molar-refractivity contribution in [2.45, 2.75) is 20.3 Å². The summed E-state index contributed by atoms with van der Waals surface area (Å²) < 4.78 is 0. The molecule has 0 unspecified atom stereocenters. The summed E-state index contributed by atoms with van der Waals surface area (Å²) in [7, 11) is 0. The van der Waals surface area contributed by atoms with Gasteiger partial charge in [0.15, 0.2) is 0 Å². The summed E-state index contributed by atoms with van der Waals surface area (Å²) in [6.45, 7) is 4.98. The number of amides is 1. The molecule has 8 nitrogen and oxygen atoms in total. The second-order valence-electron chi connectivity index (χ2n) is 4.06. The van der Waals surface area contributed by atoms with Gasteiger partial charge < -0.3 is 16.0 Å². The smallest absolute Gasteiger partial charge is 0.311 e. The molecule has 1 heterocycles. The van der Waals surface area contributed by atoms with Gasteiger partial charge in [0.05, 0.1) is 11.5 Å². The molecule has 0 aliphatic heterocycles. The molecule has 8 heteroatoms. The van der Waals surface area contributed by atoms with Crippen LogP contribution in [0.4, 0.5) is 17.3 Å². The zero-order valence-corrected chi connectivity index (χ0v) is 11.6. The summed E-state index contributed by atoms with van der Waals surface area (Å²) in [4.78, 5) is 25.9. The van der Waals surface area contributed by atoms with E-state index in [1.165, 1.54) is 6.07 Å². The third-order valence-corrected chi connectivity index (χ3v) is 2.42. The number of carbonyl (C=O) groups excluding carboxylic acids is 1. The van der Waals surface area contributed by atoms with E-state index in [1.807, 2.05) is 6.92 Å². The Morgan fingerprint density at radius 1 is 1.35 bits per heavy atom. The fraction of sp³-hybridized carbons (Fsp3) is 0.500. The van der Waals surface area contributed by atoms with Gasteiger partial charge in [-0.15, -0.1) is 0 Å². The summed E-state index contributed by atoms with van der Waals surface area (Å²) in [5.41, 5.74) is -0.156. The van der Waals surface area contributed by atoms with Crippen LogP contribution in [0.3, 0.4) is 0 Å². The maximum Gasteiger partial charge on any atom is 0.311 e. The van der Waals surface area contributed by atoms with Crippen molar-refractivity contribution in [3.63, 3.8) is 0 Å². The average molecular weight is 281 g/mol. The van der Waals surface area contributed by atoms with Gasteiger partial charge in [0.1, 0.15) is 5.82 Å². The number of pyridine rings is 1. The number of nitrogens with one attached hydrogen (secondary N) is 3. The first-order chi connectivity index (χ1) is 9.58. The van der Waals surface area contributed by atoms with E-state index >= 15 is 0 Å². The minimum atomic E-state index is -0.531. The van der Waals surface area contributed by atoms with Crippen molar-refractivity contribution in [2.75, 3.05) is 30.3 Å². The third kappa shape index (κ3) is 4.71. The highest BCUT2D eigenvalue weighted by molar-refractivity contribution is 5.81. The summed E-state index contributed by atoms with van der Waals surface area (Å²) in [5, 5.41) is 19.3. The number of nitrogens with zero attached hydrogens (tertiary/aromatic N) is 2. The number of hydrogen-bond acceptors (Lipinski definition) is 6. The van der Waals surface area contributed by atoms with Crippen LogP contribution in [-0.2, 0) is 4.79 Å². The highest BCUT2D eigenvalue weighted by atomic mass is 16.6. The van der Waals surface area contributed by atoms with Crippen LogP contribution >= 0.6 is 0 Å². The van der Waals surface area contributed by atoms with Crippen LogP contribution in [0, 0.1) is 10.1 Å². The lowest BCUT2D eigenvalue weighted by molar-refractivity contribution is -0.384. The van der Waals surface area contributed by atoms with E-state index in [9.17, 15) is 14.9 Å². The number of likely N-dealkylation sites (N-methyl/N-ethyl adjacent to an activating group) is 1. The average Bonchev–Trinajstić information content (AvgIpc) is 2.43. The van der Waals surface area contributed by atoms with Gasteiger partial charge in [-0.2, -0.15) is 0 Å². The third-order valence-electron chi connectivity index (χ3n) is 2.42. The van der Waals surface area contributed by atoms with Crippen molar-refractivity contribution in [2.24, 2.45) is 0 Å². The lowest BCUT2D eigenvalue weighted by Crippen LogP contribution is -2.29. The molecular weight excluding hydrogens is 262 g/mol. The van der Waals surface area contributed by atoms with Crippen molar-refractivity contribution < 1.29 is 9.72 Å². The minimum absolute atomic E-state index is 0.0566. The first-order valence-electron chi connectivity index (χ1n) is 6.48. The monoisotopic (exact) mass is 281 g/mol. The van der Waals surface area contributed by atoms with Crippen molar-refractivity contribution in [3.05, 3.63) is 22.2 Å². The Bertz CT molecular complexity index is 478. The van der Waals surface area contributed by atoms with Crippen molar-refractivity contribution in [1.29, 1.82) is 0 Å². The van der Waals surface area contributed by atoms with Crippen LogP contribution in [0.25, 0.3) is 0 Å². The van der Waals surface area contributed by atoms with Crippen LogP contribution in [0.2, 0.25) is 0 Å². The van der Waals surface area contributed by atoms with Gasteiger partial charge in [-0.25, -0.2) is 4.98 Å². The van der Waals surface area contributed by atoms with Gasteiger partial charge in [-0.1, -0.05) is 6.92 Å². The summed E-state index contributed by atoms with van der Waals surface area (Å²) in [6, 6.07) is 2.91. The molecule has 1 rings (SSSR count). The Labute approximate surface area is 117 Å². The molecule has 1 aromatic heterocycles. The van der Waals surface area contributed by atoms with Gasteiger partial charge in [0.2, 0.25) is 11.7 Å². The Balaban J connectivity index is 2.82. The van der Waals surface area contributed by atoms with Crippen molar-refractivity contribution in [3.8, 4) is 0 Å². The number of carbonyl (C=O) groups is 1. The summed E-state index contributed by atoms with van der Waals surface area (Å²) in [5.74, 6) is 0.383. The standard InChI is InChI=1S/C12H19N5O3/c1-3-7-14-10-6-5-9(17(19)20)12(16-10)15-8-11(18)13-4-2/h5-6H,3-4,7-8H2,1-2H3,(H,13,18)(H2,14,15,16). The number of hydrogen-bond donors (Lipinski definition) is 3. The first-order valence-corrected chi connectivity index (χ1v) is 6.48. The van der Waals surface area contributed by atoms with Gasteiger partial charge in [0, 0.05) is 19.2 Å². The zero-order chi connectivity index (χ0) is 15.0. The lowest BCUT2D eigenvalue weighted by Gasteiger charge is -2.09. The normalized spacial score (nSPS) is 9.90. The van der Waals surface area contributed by atoms with Crippen LogP contribution < -0.4 is 16.0 Å². The predicted molar refractivity (Wildman–Crippen MR) is 76.8 cm³/mol. The van der Waals surface area contributed by atoms with E-state index in [4.69, 9.17) is 0 Å². The van der Waals surface area contributed by atoms with E-state index in [0.717, 1.165) is 13.0 Å². The topological polar surface area (TPSA) is 109 Å². The van der Waals surface area contributed by atoms with Crippen molar-refractivity contribution in [1.82, 2.24) is 10.3 Å². The van der Waals surface area contributed by atoms with E-state index in [-0.39, 0.29) is 24.0 Å². The second kappa shape index (κ2) is 7.93. The molecule has 0 aromatic carbocycles. The van der Waals surface area contributed by atoms with Gasteiger partial charge in [-0.3, -0.25) is 14.9 Å². The van der Waals surface area contributed by atoms with Gasteiger partial charge in [0.25, 0.3) is 0 Å². The molecule has 3 N–H and O–H groups in total. The SMILES string of the molecule is CCCNc1ccc([N+](=O)[O-])c(NCC(=O)NCC)n1. The van der Waals surface area contributed by atoms with Gasteiger partial charge in [-0.05, 0) is 19.4 Å². The number of rotatable bonds is 8. The molecule has 0 saturated heterocycles. The molecule has 0 spiro atoms. The molecule has 0 bridgehead atoms. The molecule has 0 saturated carbocycles. The number of nitro groups is 1.